The molecule has 0 aromatic heterocycles. The molecule has 4 heteroatoms. The molecule has 0 aliphatic heterocycles. The second-order valence-electron chi connectivity index (χ2n) is 3.47. The largest absolute Gasteiger partial charge is 0.479 e. The lowest BCUT2D eigenvalue weighted by Crippen LogP contribution is -2.32. The van der Waals surface area contributed by atoms with Gasteiger partial charge in [0.05, 0.1) is 0 Å². The molecule has 0 saturated carbocycles. The van der Waals surface area contributed by atoms with Gasteiger partial charge in [0.1, 0.15) is 0 Å². The smallest absolute Gasteiger partial charge is 0.340 e. The Hall–Kier alpha value is -1.55. The highest BCUT2D eigenvalue weighted by Gasteiger charge is 2.33. The van der Waals surface area contributed by atoms with Crippen molar-refractivity contribution in [1.82, 2.24) is 0 Å². The van der Waals surface area contributed by atoms with E-state index in [0.717, 1.165) is 5.56 Å². The van der Waals surface area contributed by atoms with E-state index in [9.17, 15) is 9.90 Å². The fourth-order valence-electron chi connectivity index (χ4n) is 1.21. The highest BCUT2D eigenvalue weighted by atomic mass is 16.4. The predicted octanol–water partition coefficient (Wildman–Crippen LogP) is 0.869. The molecule has 4 nitrogen and oxygen atoms in total. The quantitative estimate of drug-likeness (QED) is 0.611. The van der Waals surface area contributed by atoms with Crippen molar-refractivity contribution < 1.29 is 15.0 Å². The van der Waals surface area contributed by atoms with Gasteiger partial charge in [0.15, 0.2) is 5.60 Å². The molecule has 0 heterocycles. The van der Waals surface area contributed by atoms with Crippen LogP contribution in [0.4, 0.5) is 5.69 Å². The summed E-state index contributed by atoms with van der Waals surface area (Å²) in [5.41, 5.74) is 5.02. The van der Waals surface area contributed by atoms with Gasteiger partial charge in [-0.25, -0.2) is 4.79 Å². The molecular weight excluding hydrogens is 182 g/mol. The molecule has 0 spiro atoms. The number of anilines is 1. The zero-order valence-corrected chi connectivity index (χ0v) is 8.11. The summed E-state index contributed by atoms with van der Waals surface area (Å²) in [7, 11) is 0. The molecule has 0 fully saturated rings. The van der Waals surface area contributed by atoms with Gasteiger partial charge >= 0.3 is 5.97 Å². The summed E-state index contributed by atoms with van der Waals surface area (Å²) < 4.78 is 0. The van der Waals surface area contributed by atoms with Crippen molar-refractivity contribution in [2.45, 2.75) is 19.4 Å². The van der Waals surface area contributed by atoms with Crippen molar-refractivity contribution in [2.24, 2.45) is 0 Å². The predicted molar refractivity (Wildman–Crippen MR) is 52.8 cm³/mol. The molecule has 0 radical (unpaired) electrons. The lowest BCUT2D eigenvalue weighted by molar-refractivity contribution is -0.157. The SMILES string of the molecule is Cc1ccc(N)c(C(C)(O)C(=O)O)c1. The molecule has 1 rings (SSSR count). The number of aliphatic hydroxyl groups is 1. The second kappa shape index (κ2) is 3.31. The highest BCUT2D eigenvalue weighted by molar-refractivity contribution is 5.81. The number of carbonyl (C=O) groups is 1. The molecule has 76 valence electrons. The topological polar surface area (TPSA) is 83.5 Å². The monoisotopic (exact) mass is 195 g/mol. The van der Waals surface area contributed by atoms with Gasteiger partial charge < -0.3 is 15.9 Å². The Labute approximate surface area is 82.0 Å². The van der Waals surface area contributed by atoms with Crippen LogP contribution in [0.3, 0.4) is 0 Å². The third-order valence-electron chi connectivity index (χ3n) is 2.15. The van der Waals surface area contributed by atoms with E-state index in [1.165, 1.54) is 6.92 Å². The van der Waals surface area contributed by atoms with Crippen LogP contribution in [-0.4, -0.2) is 16.2 Å². The Bertz CT molecular complexity index is 372. The van der Waals surface area contributed by atoms with Crippen LogP contribution in [-0.2, 0) is 10.4 Å². The average Bonchev–Trinajstić information content (AvgIpc) is 2.08. The van der Waals surface area contributed by atoms with Crippen molar-refractivity contribution >= 4 is 11.7 Å². The molecule has 0 saturated heterocycles. The number of nitrogens with two attached hydrogens (primary N) is 1. The van der Waals surface area contributed by atoms with Crippen molar-refractivity contribution in [3.63, 3.8) is 0 Å². The Morgan fingerprint density at radius 1 is 1.50 bits per heavy atom. The second-order valence-corrected chi connectivity index (χ2v) is 3.47. The summed E-state index contributed by atoms with van der Waals surface area (Å²) in [5.74, 6) is -1.31. The molecule has 1 atom stereocenters. The van der Waals surface area contributed by atoms with Crippen LogP contribution in [0.25, 0.3) is 0 Å². The van der Waals surface area contributed by atoms with Gasteiger partial charge in [0.2, 0.25) is 0 Å². The van der Waals surface area contributed by atoms with Gasteiger partial charge in [-0.05, 0) is 19.9 Å². The van der Waals surface area contributed by atoms with Crippen LogP contribution < -0.4 is 5.73 Å². The zero-order chi connectivity index (χ0) is 10.9. The maximum atomic E-state index is 10.8. The maximum Gasteiger partial charge on any atom is 0.340 e. The van der Waals surface area contributed by atoms with Crippen LogP contribution >= 0.6 is 0 Å². The molecule has 1 aromatic carbocycles. The minimum absolute atomic E-state index is 0.227. The molecular formula is C10H13NO3. The molecule has 0 aliphatic rings. The van der Waals surface area contributed by atoms with Crippen LogP contribution in [0.15, 0.2) is 18.2 Å². The Morgan fingerprint density at radius 2 is 2.07 bits per heavy atom. The third kappa shape index (κ3) is 1.70. The van der Waals surface area contributed by atoms with Crippen LogP contribution in [0.1, 0.15) is 18.1 Å². The average molecular weight is 195 g/mol. The van der Waals surface area contributed by atoms with Crippen molar-refractivity contribution in [2.75, 3.05) is 5.73 Å². The minimum Gasteiger partial charge on any atom is -0.479 e. The number of nitrogen functional groups attached to an aromatic ring is 1. The zero-order valence-electron chi connectivity index (χ0n) is 8.11. The van der Waals surface area contributed by atoms with E-state index in [-0.39, 0.29) is 11.3 Å². The maximum absolute atomic E-state index is 10.8. The number of aliphatic carboxylic acids is 1. The summed E-state index contributed by atoms with van der Waals surface area (Å²) >= 11 is 0. The summed E-state index contributed by atoms with van der Waals surface area (Å²) in [6.07, 6.45) is 0. The van der Waals surface area contributed by atoms with Gasteiger partial charge in [-0.3, -0.25) is 0 Å². The van der Waals surface area contributed by atoms with Crippen molar-refractivity contribution in [3.8, 4) is 0 Å². The van der Waals surface area contributed by atoms with Gasteiger partial charge in [-0.15, -0.1) is 0 Å². The number of hydrogen-bond donors (Lipinski definition) is 3. The first-order valence-electron chi connectivity index (χ1n) is 4.18. The van der Waals surface area contributed by atoms with Gasteiger partial charge in [0, 0.05) is 11.3 Å². The lowest BCUT2D eigenvalue weighted by Gasteiger charge is -2.20. The lowest BCUT2D eigenvalue weighted by atomic mass is 9.93. The first-order chi connectivity index (χ1) is 6.35. The first-order valence-corrected chi connectivity index (χ1v) is 4.18. The number of carboxylic acids is 1. The van der Waals surface area contributed by atoms with Crippen molar-refractivity contribution in [1.29, 1.82) is 0 Å². The standard InChI is InChI=1S/C10H13NO3/c1-6-3-4-8(11)7(5-6)10(2,14)9(12)13/h3-5,14H,11H2,1-2H3,(H,12,13). The number of carboxylic acid groups (broad SMARTS) is 1. The van der Waals surface area contributed by atoms with E-state index in [0.29, 0.717) is 0 Å². The number of benzene rings is 1. The van der Waals surface area contributed by atoms with E-state index in [2.05, 4.69) is 0 Å². The van der Waals surface area contributed by atoms with Gasteiger partial charge in [-0.1, -0.05) is 17.7 Å². The molecule has 0 bridgehead atoms. The number of aryl methyl sites for hydroxylation is 1. The Balaban J connectivity index is 3.31. The van der Waals surface area contributed by atoms with Crippen molar-refractivity contribution in [3.05, 3.63) is 29.3 Å². The summed E-state index contributed by atoms with van der Waals surface area (Å²) in [6, 6.07) is 4.92. The van der Waals surface area contributed by atoms with Gasteiger partial charge in [0.25, 0.3) is 0 Å². The first kappa shape index (κ1) is 10.5. The fraction of sp³-hybridized carbons (Fsp3) is 0.300. The van der Waals surface area contributed by atoms with Crippen LogP contribution in [0.2, 0.25) is 0 Å². The number of hydrogen-bond acceptors (Lipinski definition) is 3. The molecule has 0 amide bonds. The molecule has 1 aromatic rings. The van der Waals surface area contributed by atoms with E-state index in [1.54, 1.807) is 25.1 Å². The molecule has 0 aliphatic carbocycles. The summed E-state index contributed by atoms with van der Waals surface area (Å²) in [5, 5.41) is 18.5. The van der Waals surface area contributed by atoms with E-state index < -0.39 is 11.6 Å². The van der Waals surface area contributed by atoms with Crippen LogP contribution in [0, 0.1) is 6.92 Å². The van der Waals surface area contributed by atoms with Gasteiger partial charge in [-0.2, -0.15) is 0 Å². The Morgan fingerprint density at radius 3 is 2.57 bits per heavy atom. The van der Waals surface area contributed by atoms with Crippen LogP contribution in [0.5, 0.6) is 0 Å². The highest BCUT2D eigenvalue weighted by Crippen LogP contribution is 2.27. The molecule has 14 heavy (non-hydrogen) atoms. The summed E-state index contributed by atoms with van der Waals surface area (Å²) in [4.78, 5) is 10.8. The number of rotatable bonds is 2. The minimum atomic E-state index is -1.93. The third-order valence-corrected chi connectivity index (χ3v) is 2.15. The van der Waals surface area contributed by atoms with E-state index in [4.69, 9.17) is 10.8 Å². The molecule has 1 unspecified atom stereocenters. The van der Waals surface area contributed by atoms with E-state index in [1.807, 2.05) is 0 Å². The van der Waals surface area contributed by atoms with E-state index >= 15 is 0 Å². The summed E-state index contributed by atoms with van der Waals surface area (Å²) in [6.45, 7) is 3.02. The fourth-order valence-corrected chi connectivity index (χ4v) is 1.21. The Kier molecular flexibility index (Phi) is 2.49. The molecule has 4 N–H and O–H groups in total. The normalized spacial score (nSPS) is 14.8.